The van der Waals surface area contributed by atoms with E-state index in [9.17, 15) is 4.79 Å². The lowest BCUT2D eigenvalue weighted by Crippen LogP contribution is -3.09. The van der Waals surface area contributed by atoms with Gasteiger partial charge in [0.2, 0.25) is 5.91 Å². The van der Waals surface area contributed by atoms with Crippen molar-refractivity contribution in [1.29, 1.82) is 0 Å². The number of benzene rings is 1. The third kappa shape index (κ3) is 5.34. The summed E-state index contributed by atoms with van der Waals surface area (Å²) in [4.78, 5) is 15.7. The fraction of sp³-hybridized carbons (Fsp3) is 0.562. The average Bonchev–Trinajstić information content (AvgIpc) is 2.70. The molecule has 1 atom stereocenters. The van der Waals surface area contributed by atoms with Crippen LogP contribution in [0, 0.1) is 0 Å². The van der Waals surface area contributed by atoms with Gasteiger partial charge in [-0.3, -0.25) is 4.79 Å². The Morgan fingerprint density at radius 3 is 2.91 bits per heavy atom. The summed E-state index contributed by atoms with van der Waals surface area (Å²) in [5, 5.41) is 1.08. The molecule has 1 aliphatic rings. The van der Waals surface area contributed by atoms with Gasteiger partial charge in [0.1, 0.15) is 5.75 Å². The van der Waals surface area contributed by atoms with Gasteiger partial charge in [-0.1, -0.05) is 23.2 Å². The molecule has 1 fully saturated rings. The van der Waals surface area contributed by atoms with Gasteiger partial charge in [0, 0.05) is 24.4 Å². The Morgan fingerprint density at radius 2 is 2.14 bits per heavy atom. The fourth-order valence-corrected chi connectivity index (χ4v) is 3.00. The Hall–Kier alpha value is -0.970. The Morgan fingerprint density at radius 1 is 1.32 bits per heavy atom. The van der Waals surface area contributed by atoms with Crippen molar-refractivity contribution in [1.82, 2.24) is 4.90 Å². The third-order valence-electron chi connectivity index (χ3n) is 3.88. The van der Waals surface area contributed by atoms with E-state index in [1.165, 1.54) is 4.90 Å². The highest BCUT2D eigenvalue weighted by Gasteiger charge is 2.18. The van der Waals surface area contributed by atoms with Crippen LogP contribution in [0.15, 0.2) is 18.2 Å². The number of nitrogens with one attached hydrogen (secondary N) is 1. The summed E-state index contributed by atoms with van der Waals surface area (Å²) in [6.07, 6.45) is 2.29. The predicted octanol–water partition coefficient (Wildman–Crippen LogP) is 1.90. The van der Waals surface area contributed by atoms with Gasteiger partial charge in [-0.2, -0.15) is 0 Å². The first-order chi connectivity index (χ1) is 10.6. The number of halogens is 2. The molecule has 2 rings (SSSR count). The van der Waals surface area contributed by atoms with E-state index in [0.717, 1.165) is 32.6 Å². The number of nitrogens with zero attached hydrogens (tertiary/aromatic N) is 1. The standard InChI is InChI=1S/C16H22Cl2N2O2/c1-19-7-3-8-20(10-9-19)16(21)4-2-11-22-15-6-5-13(17)12-14(15)18/h5-6,12H,2-4,7-11H2,1H3/p+1. The minimum atomic E-state index is 0.223. The van der Waals surface area contributed by atoms with Crippen LogP contribution in [0.5, 0.6) is 5.75 Å². The van der Waals surface area contributed by atoms with Gasteiger partial charge in [0.25, 0.3) is 0 Å². The largest absolute Gasteiger partial charge is 0.492 e. The number of hydrogen-bond donors (Lipinski definition) is 1. The van der Waals surface area contributed by atoms with Crippen molar-refractivity contribution < 1.29 is 14.4 Å². The maximum absolute atomic E-state index is 12.2. The summed E-state index contributed by atoms with van der Waals surface area (Å²) >= 11 is 11.9. The highest BCUT2D eigenvalue weighted by atomic mass is 35.5. The lowest BCUT2D eigenvalue weighted by molar-refractivity contribution is -0.877. The summed E-state index contributed by atoms with van der Waals surface area (Å²) in [7, 11) is 2.18. The SMILES string of the molecule is C[NH+]1CCCN(C(=O)CCCOc2ccc(Cl)cc2Cl)CC1. The molecule has 1 amide bonds. The van der Waals surface area contributed by atoms with E-state index >= 15 is 0 Å². The lowest BCUT2D eigenvalue weighted by atomic mass is 10.2. The second-order valence-electron chi connectivity index (χ2n) is 5.72. The maximum atomic E-state index is 12.2. The van der Waals surface area contributed by atoms with Crippen molar-refractivity contribution >= 4 is 29.1 Å². The molecule has 0 saturated carbocycles. The molecular weight excluding hydrogens is 323 g/mol. The van der Waals surface area contributed by atoms with E-state index < -0.39 is 0 Å². The highest BCUT2D eigenvalue weighted by molar-refractivity contribution is 6.35. The third-order valence-corrected chi connectivity index (χ3v) is 4.41. The van der Waals surface area contributed by atoms with Crippen LogP contribution in [-0.2, 0) is 4.79 Å². The lowest BCUT2D eigenvalue weighted by Gasteiger charge is -2.19. The molecule has 22 heavy (non-hydrogen) atoms. The summed E-state index contributed by atoms with van der Waals surface area (Å²) in [6, 6.07) is 5.14. The molecule has 1 unspecified atom stereocenters. The van der Waals surface area contributed by atoms with Crippen LogP contribution in [-0.4, -0.2) is 50.6 Å². The van der Waals surface area contributed by atoms with Crippen molar-refractivity contribution in [3.8, 4) is 5.75 Å². The molecule has 1 N–H and O–H groups in total. The molecule has 1 aromatic carbocycles. The first-order valence-electron chi connectivity index (χ1n) is 7.73. The molecule has 122 valence electrons. The molecule has 0 aromatic heterocycles. The number of quaternary nitrogens is 1. The second kappa shape index (κ2) is 8.61. The molecular formula is C16H23Cl2N2O2+. The monoisotopic (exact) mass is 345 g/mol. The van der Waals surface area contributed by atoms with Gasteiger partial charge in [-0.15, -0.1) is 0 Å². The average molecular weight is 346 g/mol. The number of hydrogen-bond acceptors (Lipinski definition) is 2. The van der Waals surface area contributed by atoms with Gasteiger partial charge < -0.3 is 14.5 Å². The minimum Gasteiger partial charge on any atom is -0.492 e. The molecule has 0 radical (unpaired) electrons. The van der Waals surface area contributed by atoms with Gasteiger partial charge in [0.05, 0.1) is 38.3 Å². The van der Waals surface area contributed by atoms with Crippen LogP contribution in [0.3, 0.4) is 0 Å². The van der Waals surface area contributed by atoms with Crippen LogP contribution in [0.4, 0.5) is 0 Å². The van der Waals surface area contributed by atoms with Crippen LogP contribution >= 0.6 is 23.2 Å². The second-order valence-corrected chi connectivity index (χ2v) is 6.56. The Balaban J connectivity index is 1.70. The fourth-order valence-electron chi connectivity index (χ4n) is 2.54. The van der Waals surface area contributed by atoms with Crippen LogP contribution in [0.25, 0.3) is 0 Å². The number of rotatable bonds is 5. The quantitative estimate of drug-likeness (QED) is 0.827. The molecule has 1 saturated heterocycles. The topological polar surface area (TPSA) is 34.0 Å². The van der Waals surface area contributed by atoms with Gasteiger partial charge in [-0.25, -0.2) is 0 Å². The molecule has 0 spiro atoms. The van der Waals surface area contributed by atoms with Crippen LogP contribution in [0.2, 0.25) is 10.0 Å². The molecule has 4 nitrogen and oxygen atoms in total. The number of likely N-dealkylation sites (N-methyl/N-ethyl adjacent to an activating group) is 1. The molecule has 0 aliphatic carbocycles. The van der Waals surface area contributed by atoms with Crippen molar-refractivity contribution in [2.24, 2.45) is 0 Å². The first kappa shape index (κ1) is 17.4. The van der Waals surface area contributed by atoms with E-state index in [1.807, 2.05) is 4.90 Å². The van der Waals surface area contributed by atoms with Gasteiger partial charge >= 0.3 is 0 Å². The summed E-state index contributed by atoms with van der Waals surface area (Å²) < 4.78 is 5.61. The highest BCUT2D eigenvalue weighted by Crippen LogP contribution is 2.27. The predicted molar refractivity (Wildman–Crippen MR) is 89.0 cm³/mol. The maximum Gasteiger partial charge on any atom is 0.222 e. The Bertz CT molecular complexity index is 511. The van der Waals surface area contributed by atoms with E-state index in [2.05, 4.69) is 7.05 Å². The van der Waals surface area contributed by atoms with Gasteiger partial charge in [-0.05, 0) is 24.6 Å². The van der Waals surface area contributed by atoms with E-state index in [0.29, 0.717) is 35.2 Å². The zero-order chi connectivity index (χ0) is 15.9. The zero-order valence-corrected chi connectivity index (χ0v) is 14.4. The normalized spacial score (nSPS) is 18.9. The molecule has 6 heteroatoms. The minimum absolute atomic E-state index is 0.223. The molecule has 0 bridgehead atoms. The van der Waals surface area contributed by atoms with E-state index in [-0.39, 0.29) is 5.91 Å². The van der Waals surface area contributed by atoms with Crippen LogP contribution < -0.4 is 9.64 Å². The van der Waals surface area contributed by atoms with Crippen LogP contribution in [0.1, 0.15) is 19.3 Å². The number of carbonyl (C=O) groups is 1. The summed E-state index contributed by atoms with van der Waals surface area (Å²) in [6.45, 7) is 4.38. The molecule has 1 aliphatic heterocycles. The van der Waals surface area contributed by atoms with Crippen molar-refractivity contribution in [3.05, 3.63) is 28.2 Å². The summed E-state index contributed by atoms with van der Waals surface area (Å²) in [5.41, 5.74) is 0. The van der Waals surface area contributed by atoms with Gasteiger partial charge in [0.15, 0.2) is 0 Å². The Kier molecular flexibility index (Phi) is 6.80. The summed E-state index contributed by atoms with van der Waals surface area (Å²) in [5.74, 6) is 0.832. The number of carbonyl (C=O) groups excluding carboxylic acids is 1. The molecule has 1 heterocycles. The van der Waals surface area contributed by atoms with Crippen molar-refractivity contribution in [3.63, 3.8) is 0 Å². The van der Waals surface area contributed by atoms with E-state index in [1.54, 1.807) is 18.2 Å². The first-order valence-corrected chi connectivity index (χ1v) is 8.49. The smallest absolute Gasteiger partial charge is 0.222 e. The van der Waals surface area contributed by atoms with Crippen molar-refractivity contribution in [2.75, 3.05) is 39.8 Å². The van der Waals surface area contributed by atoms with Crippen molar-refractivity contribution in [2.45, 2.75) is 19.3 Å². The zero-order valence-electron chi connectivity index (χ0n) is 12.9. The Labute approximate surface area is 141 Å². The number of ether oxygens (including phenoxy) is 1. The molecule has 1 aromatic rings. The van der Waals surface area contributed by atoms with E-state index in [4.69, 9.17) is 27.9 Å². The number of amides is 1.